The van der Waals surface area contributed by atoms with E-state index in [1.54, 1.807) is 0 Å². The Balaban J connectivity index is 1.83. The van der Waals surface area contributed by atoms with Gasteiger partial charge in [-0.25, -0.2) is 0 Å². The van der Waals surface area contributed by atoms with Gasteiger partial charge in [-0.1, -0.05) is 32.6 Å². The van der Waals surface area contributed by atoms with Crippen LogP contribution in [0.4, 0.5) is 0 Å². The van der Waals surface area contributed by atoms with Crippen LogP contribution in [0.5, 0.6) is 11.5 Å². The first-order valence-electron chi connectivity index (χ1n) is 12.0. The Bertz CT molecular complexity index is 799. The van der Waals surface area contributed by atoms with Crippen molar-refractivity contribution in [2.45, 2.75) is 117 Å². The minimum absolute atomic E-state index is 0.203. The third-order valence-corrected chi connectivity index (χ3v) is 6.90. The molecule has 1 unspecified atom stereocenters. The van der Waals surface area contributed by atoms with Crippen LogP contribution in [-0.2, 0) is 6.42 Å². The number of benzene rings is 1. The molecule has 1 heterocycles. The van der Waals surface area contributed by atoms with Gasteiger partial charge in [0.1, 0.15) is 17.1 Å². The number of rotatable bonds is 12. The van der Waals surface area contributed by atoms with Crippen LogP contribution in [0.15, 0.2) is 11.8 Å². The van der Waals surface area contributed by atoms with E-state index in [0.717, 1.165) is 85.8 Å². The molecule has 0 saturated carbocycles. The predicted molar refractivity (Wildman–Crippen MR) is 127 cm³/mol. The maximum Gasteiger partial charge on any atom is 0.242 e. The molecule has 0 saturated heterocycles. The second kappa shape index (κ2) is 11.5. The van der Waals surface area contributed by atoms with Gasteiger partial charge in [-0.05, 0) is 95.4 Å². The number of nitrogens with zero attached hydrogens (tertiary/aromatic N) is 1. The van der Waals surface area contributed by atoms with Crippen LogP contribution < -0.4 is 4.74 Å². The zero-order valence-electron chi connectivity index (χ0n) is 20.2. The smallest absolute Gasteiger partial charge is 0.242 e. The maximum absolute atomic E-state index is 11.3. The van der Waals surface area contributed by atoms with Crippen LogP contribution in [-0.4, -0.2) is 15.6 Å². The molecule has 1 aromatic rings. The van der Waals surface area contributed by atoms with E-state index in [-0.39, 0.29) is 10.5 Å². The lowest BCUT2D eigenvalue weighted by molar-refractivity contribution is -0.428. The van der Waals surface area contributed by atoms with Gasteiger partial charge in [-0.15, -0.1) is 0 Å². The molecule has 5 heteroatoms. The largest absolute Gasteiger partial charge is 0.507 e. The summed E-state index contributed by atoms with van der Waals surface area (Å²) < 4.78 is 6.49. The van der Waals surface area contributed by atoms with Crippen molar-refractivity contribution in [3.8, 4) is 11.5 Å². The SMILES string of the molecule is CCCCCC/C=C(/CCCCCC1(C)CCc2c(C)c(O)c(C)c(C)c2O1)[N+](=O)[O-]. The Morgan fingerprint density at radius 1 is 1.10 bits per heavy atom. The summed E-state index contributed by atoms with van der Waals surface area (Å²) in [7, 11) is 0. The van der Waals surface area contributed by atoms with Crippen LogP contribution >= 0.6 is 0 Å². The van der Waals surface area contributed by atoms with E-state index in [1.165, 1.54) is 12.8 Å². The molecular formula is C26H41NO4. The quantitative estimate of drug-likeness (QED) is 0.211. The molecule has 1 aliphatic heterocycles. The van der Waals surface area contributed by atoms with Crippen molar-refractivity contribution in [1.82, 2.24) is 0 Å². The lowest BCUT2D eigenvalue weighted by atomic mass is 9.84. The molecule has 1 aromatic carbocycles. The number of ether oxygens (including phenoxy) is 1. The highest BCUT2D eigenvalue weighted by Gasteiger charge is 2.34. The number of allylic oxidation sites excluding steroid dienone is 2. The lowest BCUT2D eigenvalue weighted by Crippen LogP contribution is -2.37. The van der Waals surface area contributed by atoms with Gasteiger partial charge in [0.05, 0.1) is 4.92 Å². The summed E-state index contributed by atoms with van der Waals surface area (Å²) in [5, 5.41) is 21.7. The van der Waals surface area contributed by atoms with E-state index in [2.05, 4.69) is 13.8 Å². The number of unbranched alkanes of at least 4 members (excludes halogenated alkanes) is 6. The summed E-state index contributed by atoms with van der Waals surface area (Å²) in [5.74, 6) is 1.34. The molecule has 0 aliphatic carbocycles. The van der Waals surface area contributed by atoms with E-state index in [9.17, 15) is 15.2 Å². The molecule has 1 N–H and O–H groups in total. The molecule has 0 aromatic heterocycles. The van der Waals surface area contributed by atoms with Gasteiger partial charge >= 0.3 is 0 Å². The first-order chi connectivity index (χ1) is 14.7. The van der Waals surface area contributed by atoms with Crippen LogP contribution in [0.2, 0.25) is 0 Å². The molecule has 2 rings (SSSR count). The fourth-order valence-corrected chi connectivity index (χ4v) is 4.56. The second-order valence-corrected chi connectivity index (χ2v) is 9.45. The number of aromatic hydroxyl groups is 1. The summed E-state index contributed by atoms with van der Waals surface area (Å²) in [6.07, 6.45) is 13.4. The van der Waals surface area contributed by atoms with Gasteiger partial charge in [0.25, 0.3) is 0 Å². The average Bonchev–Trinajstić information content (AvgIpc) is 2.74. The Hall–Kier alpha value is -2.04. The molecule has 0 spiro atoms. The van der Waals surface area contributed by atoms with Crippen molar-refractivity contribution >= 4 is 0 Å². The number of hydrogen-bond acceptors (Lipinski definition) is 4. The highest BCUT2D eigenvalue weighted by atomic mass is 16.6. The number of hydrogen-bond donors (Lipinski definition) is 1. The third-order valence-electron chi connectivity index (χ3n) is 6.90. The highest BCUT2D eigenvalue weighted by Crippen LogP contribution is 2.44. The normalized spacial score (nSPS) is 18.5. The van der Waals surface area contributed by atoms with Gasteiger partial charge in [-0.2, -0.15) is 0 Å². The molecule has 0 radical (unpaired) electrons. The molecule has 1 aliphatic rings. The van der Waals surface area contributed by atoms with Crippen molar-refractivity contribution in [2.24, 2.45) is 0 Å². The average molecular weight is 432 g/mol. The highest BCUT2D eigenvalue weighted by molar-refractivity contribution is 5.58. The van der Waals surface area contributed by atoms with Gasteiger partial charge in [-0.3, -0.25) is 10.1 Å². The van der Waals surface area contributed by atoms with Gasteiger partial charge in [0.2, 0.25) is 5.70 Å². The summed E-state index contributed by atoms with van der Waals surface area (Å²) in [5.41, 5.74) is 4.17. The topological polar surface area (TPSA) is 72.6 Å². The summed E-state index contributed by atoms with van der Waals surface area (Å²) in [4.78, 5) is 11.1. The van der Waals surface area contributed by atoms with E-state index >= 15 is 0 Å². The van der Waals surface area contributed by atoms with E-state index in [0.29, 0.717) is 17.9 Å². The predicted octanol–water partition coefficient (Wildman–Crippen LogP) is 7.48. The van der Waals surface area contributed by atoms with E-state index in [4.69, 9.17) is 4.74 Å². The van der Waals surface area contributed by atoms with Crippen LogP contribution in [0.1, 0.15) is 107 Å². The van der Waals surface area contributed by atoms with Crippen molar-refractivity contribution < 1.29 is 14.8 Å². The molecule has 174 valence electrons. The Morgan fingerprint density at radius 3 is 2.48 bits per heavy atom. The van der Waals surface area contributed by atoms with Crippen LogP contribution in [0.25, 0.3) is 0 Å². The maximum atomic E-state index is 11.3. The van der Waals surface area contributed by atoms with Crippen molar-refractivity contribution in [2.75, 3.05) is 0 Å². The Morgan fingerprint density at radius 2 is 1.81 bits per heavy atom. The van der Waals surface area contributed by atoms with E-state index < -0.39 is 0 Å². The van der Waals surface area contributed by atoms with Crippen molar-refractivity contribution in [1.29, 1.82) is 0 Å². The van der Waals surface area contributed by atoms with Gasteiger partial charge < -0.3 is 9.84 Å². The second-order valence-electron chi connectivity index (χ2n) is 9.45. The molecule has 31 heavy (non-hydrogen) atoms. The number of phenolic OH excluding ortho intramolecular Hbond substituents is 1. The van der Waals surface area contributed by atoms with Crippen molar-refractivity contribution in [3.05, 3.63) is 44.1 Å². The first-order valence-corrected chi connectivity index (χ1v) is 12.0. The summed E-state index contributed by atoms with van der Waals surface area (Å²) >= 11 is 0. The minimum atomic E-state index is -0.214. The number of nitro groups is 1. The molecule has 0 amide bonds. The van der Waals surface area contributed by atoms with Crippen molar-refractivity contribution in [3.63, 3.8) is 0 Å². The van der Waals surface area contributed by atoms with Crippen LogP contribution in [0, 0.1) is 30.9 Å². The fraction of sp³-hybridized carbons (Fsp3) is 0.692. The van der Waals surface area contributed by atoms with Crippen LogP contribution in [0.3, 0.4) is 0 Å². The number of phenols is 1. The fourth-order valence-electron chi connectivity index (χ4n) is 4.56. The Kier molecular flexibility index (Phi) is 9.39. The molecular weight excluding hydrogens is 390 g/mol. The van der Waals surface area contributed by atoms with Gasteiger partial charge in [0.15, 0.2) is 0 Å². The first kappa shape index (κ1) is 25.2. The lowest BCUT2D eigenvalue weighted by Gasteiger charge is -2.38. The molecule has 5 nitrogen and oxygen atoms in total. The monoisotopic (exact) mass is 431 g/mol. The zero-order valence-corrected chi connectivity index (χ0v) is 20.2. The molecule has 0 bridgehead atoms. The number of fused-ring (bicyclic) bond motifs is 1. The van der Waals surface area contributed by atoms with Gasteiger partial charge in [0, 0.05) is 12.0 Å². The Labute approximate surface area is 188 Å². The minimum Gasteiger partial charge on any atom is -0.507 e. The molecule has 0 fully saturated rings. The third kappa shape index (κ3) is 6.72. The molecule has 1 atom stereocenters. The van der Waals surface area contributed by atoms with E-state index in [1.807, 2.05) is 26.8 Å². The standard InChI is InChI=1S/C26H41NO4/c1-6-7-8-9-11-14-22(27(29)30)15-12-10-13-17-26(5)18-16-23-21(4)24(28)19(2)20(3)25(23)31-26/h14,28H,6-13,15-18H2,1-5H3/b22-14-. The summed E-state index contributed by atoms with van der Waals surface area (Å²) in [6, 6.07) is 0. The summed E-state index contributed by atoms with van der Waals surface area (Å²) in [6.45, 7) is 10.3. The zero-order chi connectivity index (χ0) is 23.0.